The van der Waals surface area contributed by atoms with Crippen LogP contribution in [0.5, 0.6) is 0 Å². The van der Waals surface area contributed by atoms with E-state index in [2.05, 4.69) is 11.9 Å². The zero-order chi connectivity index (χ0) is 8.81. The van der Waals surface area contributed by atoms with Crippen LogP contribution in [0.3, 0.4) is 0 Å². The standard InChI is InChI=1S/C9H14N2O/c1-2-6-12-7-8-4-3-5-11-9(8)10/h3-5H,2,6-7H2,1H3,(H2,10,11). The van der Waals surface area contributed by atoms with Gasteiger partial charge in [0.2, 0.25) is 0 Å². The van der Waals surface area contributed by atoms with Crippen molar-refractivity contribution < 1.29 is 4.74 Å². The Morgan fingerprint density at radius 2 is 2.42 bits per heavy atom. The summed E-state index contributed by atoms with van der Waals surface area (Å²) in [5, 5.41) is 0. The van der Waals surface area contributed by atoms with E-state index in [9.17, 15) is 0 Å². The molecule has 0 unspecified atom stereocenters. The van der Waals surface area contributed by atoms with Crippen LogP contribution in [0.4, 0.5) is 5.82 Å². The molecule has 0 amide bonds. The lowest BCUT2D eigenvalue weighted by atomic mass is 10.3. The van der Waals surface area contributed by atoms with Crippen molar-refractivity contribution in [2.75, 3.05) is 12.3 Å². The maximum atomic E-state index is 5.61. The Balaban J connectivity index is 2.46. The third-order valence-corrected chi connectivity index (χ3v) is 1.53. The van der Waals surface area contributed by atoms with Gasteiger partial charge < -0.3 is 10.5 Å². The van der Waals surface area contributed by atoms with E-state index in [1.807, 2.05) is 12.1 Å². The normalized spacial score (nSPS) is 10.1. The van der Waals surface area contributed by atoms with E-state index in [4.69, 9.17) is 10.5 Å². The van der Waals surface area contributed by atoms with Gasteiger partial charge in [-0.15, -0.1) is 0 Å². The van der Waals surface area contributed by atoms with Crippen molar-refractivity contribution in [3.8, 4) is 0 Å². The molecule has 0 spiro atoms. The molecular formula is C9H14N2O. The van der Waals surface area contributed by atoms with E-state index in [0.717, 1.165) is 18.6 Å². The zero-order valence-corrected chi connectivity index (χ0v) is 7.29. The third kappa shape index (κ3) is 2.51. The Morgan fingerprint density at radius 3 is 3.08 bits per heavy atom. The first-order chi connectivity index (χ1) is 5.84. The maximum absolute atomic E-state index is 5.61. The second-order valence-electron chi connectivity index (χ2n) is 2.60. The van der Waals surface area contributed by atoms with Crippen molar-refractivity contribution in [3.05, 3.63) is 23.9 Å². The fourth-order valence-corrected chi connectivity index (χ4v) is 0.899. The predicted molar refractivity (Wildman–Crippen MR) is 48.6 cm³/mol. The van der Waals surface area contributed by atoms with Crippen molar-refractivity contribution in [3.63, 3.8) is 0 Å². The Kier molecular flexibility index (Phi) is 3.54. The van der Waals surface area contributed by atoms with Gasteiger partial charge in [0.1, 0.15) is 5.82 Å². The van der Waals surface area contributed by atoms with Crippen molar-refractivity contribution in [2.45, 2.75) is 20.0 Å². The summed E-state index contributed by atoms with van der Waals surface area (Å²) in [5.74, 6) is 0.564. The average Bonchev–Trinajstić information content (AvgIpc) is 2.09. The topological polar surface area (TPSA) is 48.1 Å². The molecule has 0 radical (unpaired) electrons. The molecular weight excluding hydrogens is 152 g/mol. The number of pyridine rings is 1. The van der Waals surface area contributed by atoms with Gasteiger partial charge in [0.25, 0.3) is 0 Å². The molecule has 66 valence electrons. The van der Waals surface area contributed by atoms with E-state index in [1.165, 1.54) is 0 Å². The number of nitrogens with two attached hydrogens (primary N) is 1. The van der Waals surface area contributed by atoms with Gasteiger partial charge in [0.15, 0.2) is 0 Å². The molecule has 0 aliphatic rings. The summed E-state index contributed by atoms with van der Waals surface area (Å²) in [5.41, 5.74) is 6.58. The number of hydrogen-bond donors (Lipinski definition) is 1. The van der Waals surface area contributed by atoms with Crippen molar-refractivity contribution in [1.82, 2.24) is 4.98 Å². The summed E-state index contributed by atoms with van der Waals surface area (Å²) in [6.45, 7) is 3.41. The summed E-state index contributed by atoms with van der Waals surface area (Å²) in [6.07, 6.45) is 2.71. The molecule has 0 aromatic carbocycles. The van der Waals surface area contributed by atoms with Gasteiger partial charge in [-0.25, -0.2) is 4.98 Å². The lowest BCUT2D eigenvalue weighted by Crippen LogP contribution is -2.00. The SMILES string of the molecule is CCCOCc1cccnc1N. The Bertz CT molecular complexity index is 238. The Labute approximate surface area is 72.6 Å². The number of ether oxygens (including phenoxy) is 1. The van der Waals surface area contributed by atoms with Crippen molar-refractivity contribution in [1.29, 1.82) is 0 Å². The van der Waals surface area contributed by atoms with Gasteiger partial charge in [0, 0.05) is 18.4 Å². The van der Waals surface area contributed by atoms with E-state index in [0.29, 0.717) is 12.4 Å². The van der Waals surface area contributed by atoms with Gasteiger partial charge in [-0.05, 0) is 12.5 Å². The number of rotatable bonds is 4. The van der Waals surface area contributed by atoms with E-state index in [-0.39, 0.29) is 0 Å². The number of nitrogen functional groups attached to an aromatic ring is 1. The number of hydrogen-bond acceptors (Lipinski definition) is 3. The van der Waals surface area contributed by atoms with Crippen LogP contribution in [0.25, 0.3) is 0 Å². The van der Waals surface area contributed by atoms with E-state index < -0.39 is 0 Å². The first-order valence-electron chi connectivity index (χ1n) is 4.11. The fraction of sp³-hybridized carbons (Fsp3) is 0.444. The van der Waals surface area contributed by atoms with Gasteiger partial charge in [-0.1, -0.05) is 13.0 Å². The second kappa shape index (κ2) is 4.72. The summed E-state index contributed by atoms with van der Waals surface area (Å²) in [4.78, 5) is 3.96. The molecule has 3 heteroatoms. The molecule has 0 aliphatic heterocycles. The smallest absolute Gasteiger partial charge is 0.128 e. The highest BCUT2D eigenvalue weighted by Gasteiger charge is 1.97. The second-order valence-corrected chi connectivity index (χ2v) is 2.60. The monoisotopic (exact) mass is 166 g/mol. The zero-order valence-electron chi connectivity index (χ0n) is 7.29. The van der Waals surface area contributed by atoms with Crippen LogP contribution in [0.2, 0.25) is 0 Å². The van der Waals surface area contributed by atoms with Gasteiger partial charge in [-0.3, -0.25) is 0 Å². The van der Waals surface area contributed by atoms with Crippen LogP contribution in [0, 0.1) is 0 Å². The Hall–Kier alpha value is -1.09. The summed E-state index contributed by atoms with van der Waals surface area (Å²) in [7, 11) is 0. The van der Waals surface area contributed by atoms with Crippen LogP contribution >= 0.6 is 0 Å². The average molecular weight is 166 g/mol. The predicted octanol–water partition coefficient (Wildman–Crippen LogP) is 1.59. The Morgan fingerprint density at radius 1 is 1.58 bits per heavy atom. The van der Waals surface area contributed by atoms with E-state index >= 15 is 0 Å². The molecule has 1 aromatic rings. The van der Waals surface area contributed by atoms with Crippen LogP contribution in [0.1, 0.15) is 18.9 Å². The molecule has 0 saturated carbocycles. The minimum Gasteiger partial charge on any atom is -0.383 e. The molecule has 3 nitrogen and oxygen atoms in total. The molecule has 1 heterocycles. The van der Waals surface area contributed by atoms with Gasteiger partial charge >= 0.3 is 0 Å². The molecule has 12 heavy (non-hydrogen) atoms. The van der Waals surface area contributed by atoms with Crippen molar-refractivity contribution in [2.24, 2.45) is 0 Å². The largest absolute Gasteiger partial charge is 0.383 e. The number of nitrogens with zero attached hydrogens (tertiary/aromatic N) is 1. The van der Waals surface area contributed by atoms with Crippen molar-refractivity contribution >= 4 is 5.82 Å². The molecule has 2 N–H and O–H groups in total. The molecule has 0 fully saturated rings. The molecule has 0 aliphatic carbocycles. The van der Waals surface area contributed by atoms with E-state index in [1.54, 1.807) is 6.20 Å². The lowest BCUT2D eigenvalue weighted by molar-refractivity contribution is 0.122. The molecule has 0 atom stereocenters. The fourth-order valence-electron chi connectivity index (χ4n) is 0.899. The molecule has 0 bridgehead atoms. The number of anilines is 1. The molecule has 0 saturated heterocycles. The maximum Gasteiger partial charge on any atom is 0.128 e. The van der Waals surface area contributed by atoms with Crippen LogP contribution in [-0.4, -0.2) is 11.6 Å². The molecule has 1 rings (SSSR count). The quantitative estimate of drug-likeness (QED) is 0.691. The first kappa shape index (κ1) is 9.00. The minimum absolute atomic E-state index is 0.563. The highest BCUT2D eigenvalue weighted by Crippen LogP contribution is 2.07. The minimum atomic E-state index is 0.563. The van der Waals surface area contributed by atoms with Crippen LogP contribution in [-0.2, 0) is 11.3 Å². The highest BCUT2D eigenvalue weighted by molar-refractivity contribution is 5.37. The lowest BCUT2D eigenvalue weighted by Gasteiger charge is -2.04. The number of aromatic nitrogens is 1. The summed E-state index contributed by atoms with van der Waals surface area (Å²) < 4.78 is 5.33. The van der Waals surface area contributed by atoms with Crippen LogP contribution < -0.4 is 5.73 Å². The summed E-state index contributed by atoms with van der Waals surface area (Å²) in [6, 6.07) is 3.79. The first-order valence-corrected chi connectivity index (χ1v) is 4.11. The third-order valence-electron chi connectivity index (χ3n) is 1.53. The van der Waals surface area contributed by atoms with Crippen LogP contribution in [0.15, 0.2) is 18.3 Å². The van der Waals surface area contributed by atoms with Gasteiger partial charge in [-0.2, -0.15) is 0 Å². The highest BCUT2D eigenvalue weighted by atomic mass is 16.5. The molecule has 1 aromatic heterocycles. The van der Waals surface area contributed by atoms with Gasteiger partial charge in [0.05, 0.1) is 6.61 Å². The summed E-state index contributed by atoms with van der Waals surface area (Å²) >= 11 is 0.